The fraction of sp³-hybridized carbons (Fsp3) is 0.0769. The van der Waals surface area contributed by atoms with Gasteiger partial charge in [0.15, 0.2) is 0 Å². The Morgan fingerprint density at radius 1 is 1.31 bits per heavy atom. The molecule has 0 saturated heterocycles. The van der Waals surface area contributed by atoms with Crippen molar-refractivity contribution in [2.45, 2.75) is 6.92 Å². The minimum absolute atomic E-state index is 0.331. The standard InChI is InChI=1S/C13H15N3/c1-2-6-13(16-10-12(15)9-14)11-7-4-3-5-8-11/h2-10,14H,15H2,1H3/b6-2-,12-10+,14-9?,16-13-. The van der Waals surface area contributed by atoms with Crippen molar-refractivity contribution in [2.75, 3.05) is 0 Å². The van der Waals surface area contributed by atoms with E-state index in [0.717, 1.165) is 17.5 Å². The molecule has 1 aromatic carbocycles. The molecule has 0 unspecified atom stereocenters. The van der Waals surface area contributed by atoms with Gasteiger partial charge < -0.3 is 11.1 Å². The second-order valence-corrected chi connectivity index (χ2v) is 3.15. The average molecular weight is 213 g/mol. The monoisotopic (exact) mass is 213 g/mol. The second-order valence-electron chi connectivity index (χ2n) is 3.15. The van der Waals surface area contributed by atoms with Gasteiger partial charge in [0.2, 0.25) is 0 Å². The third kappa shape index (κ3) is 3.53. The highest BCUT2D eigenvalue weighted by atomic mass is 14.7. The van der Waals surface area contributed by atoms with E-state index in [1.807, 2.05) is 49.4 Å². The molecule has 1 rings (SSSR count). The first-order valence-corrected chi connectivity index (χ1v) is 5.00. The van der Waals surface area contributed by atoms with Crippen molar-refractivity contribution >= 4 is 11.9 Å². The normalized spacial score (nSPS) is 13.1. The van der Waals surface area contributed by atoms with Crippen LogP contribution >= 0.6 is 0 Å². The van der Waals surface area contributed by atoms with Crippen molar-refractivity contribution in [2.24, 2.45) is 10.7 Å². The highest BCUT2D eigenvalue weighted by Crippen LogP contribution is 2.03. The molecule has 0 spiro atoms. The van der Waals surface area contributed by atoms with Crippen LogP contribution in [0.1, 0.15) is 12.5 Å². The van der Waals surface area contributed by atoms with E-state index in [1.165, 1.54) is 6.20 Å². The van der Waals surface area contributed by atoms with E-state index in [2.05, 4.69) is 4.99 Å². The Hall–Kier alpha value is -2.16. The van der Waals surface area contributed by atoms with E-state index in [-0.39, 0.29) is 0 Å². The molecule has 0 aliphatic heterocycles. The van der Waals surface area contributed by atoms with Gasteiger partial charge in [0.05, 0.1) is 17.6 Å². The summed E-state index contributed by atoms with van der Waals surface area (Å²) in [4.78, 5) is 4.25. The highest BCUT2D eigenvalue weighted by molar-refractivity contribution is 6.09. The molecule has 1 aromatic rings. The molecule has 3 N–H and O–H groups in total. The maximum atomic E-state index is 6.95. The molecule has 0 atom stereocenters. The lowest BCUT2D eigenvalue weighted by Gasteiger charge is -1.99. The van der Waals surface area contributed by atoms with Gasteiger partial charge in [0.1, 0.15) is 0 Å². The molecule has 0 heterocycles. The summed E-state index contributed by atoms with van der Waals surface area (Å²) >= 11 is 0. The smallest absolute Gasteiger partial charge is 0.0699 e. The topological polar surface area (TPSA) is 62.2 Å². The predicted molar refractivity (Wildman–Crippen MR) is 68.8 cm³/mol. The Kier molecular flexibility index (Phi) is 4.73. The summed E-state index contributed by atoms with van der Waals surface area (Å²) in [5.74, 6) is 0. The van der Waals surface area contributed by atoms with E-state index < -0.39 is 0 Å². The lowest BCUT2D eigenvalue weighted by Crippen LogP contribution is -1.99. The van der Waals surface area contributed by atoms with E-state index in [9.17, 15) is 0 Å². The molecule has 0 amide bonds. The van der Waals surface area contributed by atoms with Gasteiger partial charge in [-0.1, -0.05) is 36.4 Å². The Morgan fingerprint density at radius 3 is 2.56 bits per heavy atom. The van der Waals surface area contributed by atoms with Crippen LogP contribution in [0.15, 0.2) is 59.4 Å². The molecule has 0 aliphatic rings. The third-order valence-corrected chi connectivity index (χ3v) is 1.91. The molecule has 82 valence electrons. The summed E-state index contributed by atoms with van der Waals surface area (Å²) < 4.78 is 0. The van der Waals surface area contributed by atoms with Crippen LogP contribution in [0.25, 0.3) is 0 Å². The summed E-state index contributed by atoms with van der Waals surface area (Å²) in [6.45, 7) is 1.93. The zero-order chi connectivity index (χ0) is 11.8. The fourth-order valence-electron chi connectivity index (χ4n) is 1.16. The third-order valence-electron chi connectivity index (χ3n) is 1.91. The van der Waals surface area contributed by atoms with Crippen LogP contribution in [0.2, 0.25) is 0 Å². The van der Waals surface area contributed by atoms with Gasteiger partial charge in [-0.2, -0.15) is 0 Å². The molecule has 3 heteroatoms. The lowest BCUT2D eigenvalue weighted by molar-refractivity contribution is 1.38. The van der Waals surface area contributed by atoms with Crippen molar-refractivity contribution in [3.63, 3.8) is 0 Å². The highest BCUT2D eigenvalue weighted by Gasteiger charge is 1.96. The largest absolute Gasteiger partial charge is 0.396 e. The number of benzene rings is 1. The number of allylic oxidation sites excluding steroid dienone is 3. The lowest BCUT2D eigenvalue weighted by atomic mass is 10.1. The van der Waals surface area contributed by atoms with Gasteiger partial charge in [0.25, 0.3) is 0 Å². The van der Waals surface area contributed by atoms with Crippen LogP contribution in [-0.4, -0.2) is 11.9 Å². The second kappa shape index (κ2) is 6.35. The zero-order valence-corrected chi connectivity index (χ0v) is 9.22. The van der Waals surface area contributed by atoms with Crippen LogP contribution < -0.4 is 5.73 Å². The van der Waals surface area contributed by atoms with E-state index in [1.54, 1.807) is 0 Å². The van der Waals surface area contributed by atoms with E-state index in [4.69, 9.17) is 11.1 Å². The van der Waals surface area contributed by atoms with Gasteiger partial charge in [-0.05, 0) is 13.0 Å². The number of aliphatic imine (C=N–C) groups is 1. The number of rotatable bonds is 4. The van der Waals surface area contributed by atoms with Gasteiger partial charge in [0, 0.05) is 11.8 Å². The van der Waals surface area contributed by atoms with E-state index in [0.29, 0.717) is 5.70 Å². The first kappa shape index (κ1) is 11.9. The average Bonchev–Trinajstić information content (AvgIpc) is 2.35. The molecule has 0 radical (unpaired) electrons. The number of hydrogen-bond donors (Lipinski definition) is 2. The molecule has 0 aromatic heterocycles. The maximum Gasteiger partial charge on any atom is 0.0699 e. The van der Waals surface area contributed by atoms with Gasteiger partial charge >= 0.3 is 0 Å². The summed E-state index contributed by atoms with van der Waals surface area (Å²) in [7, 11) is 0. The molecule has 3 nitrogen and oxygen atoms in total. The van der Waals surface area contributed by atoms with E-state index >= 15 is 0 Å². The van der Waals surface area contributed by atoms with Crippen molar-refractivity contribution in [3.05, 3.63) is 59.9 Å². The molecular formula is C13H15N3. The fourth-order valence-corrected chi connectivity index (χ4v) is 1.16. The number of nitrogens with one attached hydrogen (secondary N) is 1. The maximum absolute atomic E-state index is 6.95. The van der Waals surface area contributed by atoms with Crippen molar-refractivity contribution < 1.29 is 0 Å². The zero-order valence-electron chi connectivity index (χ0n) is 9.22. The molecule has 0 bridgehead atoms. The minimum atomic E-state index is 0.331. The Morgan fingerprint density at radius 2 is 2.00 bits per heavy atom. The van der Waals surface area contributed by atoms with Gasteiger partial charge in [-0.15, -0.1) is 0 Å². The van der Waals surface area contributed by atoms with Crippen molar-refractivity contribution in [1.82, 2.24) is 0 Å². The van der Waals surface area contributed by atoms with Crippen LogP contribution in [0.4, 0.5) is 0 Å². The summed E-state index contributed by atoms with van der Waals surface area (Å²) in [6.07, 6.45) is 6.38. The minimum Gasteiger partial charge on any atom is -0.396 e. The Balaban J connectivity index is 3.05. The van der Waals surface area contributed by atoms with Crippen LogP contribution in [0.3, 0.4) is 0 Å². The Labute approximate surface area is 95.5 Å². The van der Waals surface area contributed by atoms with Gasteiger partial charge in [-0.3, -0.25) is 4.99 Å². The van der Waals surface area contributed by atoms with Crippen LogP contribution in [0, 0.1) is 5.41 Å². The predicted octanol–water partition coefficient (Wildman–Crippen LogP) is 2.50. The molecule has 0 saturated carbocycles. The molecule has 0 fully saturated rings. The SMILES string of the molecule is C\C=C/C(=N/C=C(/N)C=N)c1ccccc1. The van der Waals surface area contributed by atoms with Crippen LogP contribution in [-0.2, 0) is 0 Å². The molecule has 16 heavy (non-hydrogen) atoms. The number of hydrogen-bond acceptors (Lipinski definition) is 3. The van der Waals surface area contributed by atoms with Crippen molar-refractivity contribution in [1.29, 1.82) is 5.41 Å². The quantitative estimate of drug-likeness (QED) is 0.741. The summed E-state index contributed by atoms with van der Waals surface area (Å²) in [5, 5.41) is 6.95. The Bertz CT molecular complexity index is 428. The van der Waals surface area contributed by atoms with Crippen LogP contribution in [0.5, 0.6) is 0 Å². The van der Waals surface area contributed by atoms with Crippen molar-refractivity contribution in [3.8, 4) is 0 Å². The first-order valence-electron chi connectivity index (χ1n) is 5.00. The summed E-state index contributed by atoms with van der Waals surface area (Å²) in [5.41, 5.74) is 7.66. The number of nitrogens with two attached hydrogens (primary N) is 1. The molecular weight excluding hydrogens is 198 g/mol. The van der Waals surface area contributed by atoms with Gasteiger partial charge in [-0.25, -0.2) is 0 Å². The number of nitrogens with zero attached hydrogens (tertiary/aromatic N) is 1. The summed E-state index contributed by atoms with van der Waals surface area (Å²) in [6, 6.07) is 9.83. The first-order chi connectivity index (χ1) is 7.77. The molecule has 0 aliphatic carbocycles.